The summed E-state index contributed by atoms with van der Waals surface area (Å²) >= 11 is 1.57. The Morgan fingerprint density at radius 1 is 0.970 bits per heavy atom. The Morgan fingerprint density at radius 3 is 2.67 bits per heavy atom. The van der Waals surface area contributed by atoms with E-state index in [1.807, 2.05) is 72.1 Å². The van der Waals surface area contributed by atoms with Crippen molar-refractivity contribution in [2.45, 2.75) is 0 Å². The van der Waals surface area contributed by atoms with Gasteiger partial charge in [0.05, 0.1) is 39.7 Å². The van der Waals surface area contributed by atoms with Gasteiger partial charge in [-0.3, -0.25) is 4.79 Å². The first-order valence-electron chi connectivity index (χ1n) is 10.2. The molecule has 0 bridgehead atoms. The van der Waals surface area contributed by atoms with Crippen molar-refractivity contribution in [1.82, 2.24) is 19.7 Å². The van der Waals surface area contributed by atoms with Crippen LogP contribution in [0.15, 0.2) is 72.1 Å². The highest BCUT2D eigenvalue weighted by molar-refractivity contribution is 7.13. The summed E-state index contributed by atoms with van der Waals surface area (Å²) in [6.07, 6.45) is 0. The molecule has 0 fully saturated rings. The predicted octanol–water partition coefficient (Wildman–Crippen LogP) is 5.14. The number of nitrogen functional groups attached to an aromatic ring is 1. The highest BCUT2D eigenvalue weighted by atomic mass is 32.1. The van der Waals surface area contributed by atoms with Gasteiger partial charge < -0.3 is 10.5 Å². The maximum absolute atomic E-state index is 13.8. The molecule has 0 spiro atoms. The lowest BCUT2D eigenvalue weighted by Crippen LogP contribution is -2.15. The highest BCUT2D eigenvalue weighted by Gasteiger charge is 2.21. The highest BCUT2D eigenvalue weighted by Crippen LogP contribution is 2.30. The summed E-state index contributed by atoms with van der Waals surface area (Å²) in [7, 11) is 1.60. The van der Waals surface area contributed by atoms with Crippen LogP contribution in [0, 0.1) is 0 Å². The van der Waals surface area contributed by atoms with Crippen molar-refractivity contribution >= 4 is 55.9 Å². The second-order valence-electron chi connectivity index (χ2n) is 7.57. The molecule has 4 heterocycles. The van der Waals surface area contributed by atoms with E-state index in [0.717, 1.165) is 26.9 Å². The maximum atomic E-state index is 13.8. The van der Waals surface area contributed by atoms with Gasteiger partial charge in [-0.25, -0.2) is 9.97 Å². The Morgan fingerprint density at radius 2 is 1.85 bits per heavy atom. The molecule has 33 heavy (non-hydrogen) atoms. The topological polar surface area (TPSA) is 95.9 Å². The Kier molecular flexibility index (Phi) is 4.34. The van der Waals surface area contributed by atoms with Gasteiger partial charge in [0.25, 0.3) is 5.91 Å². The largest absolute Gasteiger partial charge is 0.497 e. The van der Waals surface area contributed by atoms with Crippen molar-refractivity contribution in [2.75, 3.05) is 12.8 Å². The third-order valence-corrected chi connectivity index (χ3v) is 6.49. The molecule has 8 heteroatoms. The van der Waals surface area contributed by atoms with E-state index in [1.54, 1.807) is 18.4 Å². The van der Waals surface area contributed by atoms with E-state index in [1.165, 1.54) is 4.68 Å². The number of hydrogen-bond donors (Lipinski definition) is 1. The predicted molar refractivity (Wildman–Crippen MR) is 131 cm³/mol. The maximum Gasteiger partial charge on any atom is 0.280 e. The second kappa shape index (κ2) is 7.39. The number of fused-ring (bicyclic) bond motifs is 3. The SMILES string of the molecule is COc1ccc2cc3c(N)nn(C(=O)c4cc(-c5cccs5)nc5ccccc45)c3nc2c1. The molecular weight excluding hydrogens is 434 g/mol. The minimum absolute atomic E-state index is 0.250. The van der Waals surface area contributed by atoms with Gasteiger partial charge in [-0.15, -0.1) is 16.4 Å². The van der Waals surface area contributed by atoms with Crippen molar-refractivity contribution in [3.63, 3.8) is 0 Å². The lowest BCUT2D eigenvalue weighted by Gasteiger charge is -2.09. The molecule has 0 amide bonds. The van der Waals surface area contributed by atoms with Crippen molar-refractivity contribution in [2.24, 2.45) is 0 Å². The number of carbonyl (C=O) groups is 1. The third-order valence-electron chi connectivity index (χ3n) is 5.60. The smallest absolute Gasteiger partial charge is 0.280 e. The summed E-state index contributed by atoms with van der Waals surface area (Å²) in [5.41, 5.74) is 9.25. The minimum Gasteiger partial charge on any atom is -0.497 e. The van der Waals surface area contributed by atoms with Gasteiger partial charge in [-0.05, 0) is 41.8 Å². The zero-order chi connectivity index (χ0) is 22.5. The zero-order valence-corrected chi connectivity index (χ0v) is 18.3. The number of anilines is 1. The van der Waals surface area contributed by atoms with Gasteiger partial charge >= 0.3 is 0 Å². The quantitative estimate of drug-likeness (QED) is 0.400. The van der Waals surface area contributed by atoms with E-state index >= 15 is 0 Å². The first-order chi connectivity index (χ1) is 16.1. The Hall–Kier alpha value is -4.30. The van der Waals surface area contributed by atoms with Crippen LogP contribution >= 0.6 is 11.3 Å². The van der Waals surface area contributed by atoms with Gasteiger partial charge in [0.1, 0.15) is 5.75 Å². The first-order valence-corrected chi connectivity index (χ1v) is 11.1. The fourth-order valence-electron chi connectivity index (χ4n) is 3.98. The summed E-state index contributed by atoms with van der Waals surface area (Å²) in [6.45, 7) is 0. The van der Waals surface area contributed by atoms with Crippen LogP contribution in [0.1, 0.15) is 10.4 Å². The average Bonchev–Trinajstić information content (AvgIpc) is 3.50. The number of ether oxygens (including phenoxy) is 1. The molecule has 0 aliphatic carbocycles. The fourth-order valence-corrected chi connectivity index (χ4v) is 4.67. The Bertz CT molecular complexity index is 1690. The van der Waals surface area contributed by atoms with Crippen molar-refractivity contribution in [1.29, 1.82) is 0 Å². The molecule has 2 N–H and O–H groups in total. The summed E-state index contributed by atoms with van der Waals surface area (Å²) < 4.78 is 6.60. The minimum atomic E-state index is -0.317. The summed E-state index contributed by atoms with van der Waals surface area (Å²) in [6, 6.07) is 20.8. The molecule has 6 rings (SSSR count). The van der Waals surface area contributed by atoms with Crippen LogP contribution in [0.3, 0.4) is 0 Å². The van der Waals surface area contributed by atoms with Crippen LogP contribution in [0.4, 0.5) is 5.82 Å². The van der Waals surface area contributed by atoms with Crippen molar-refractivity contribution < 1.29 is 9.53 Å². The van der Waals surface area contributed by atoms with Gasteiger partial charge in [0.15, 0.2) is 11.5 Å². The van der Waals surface area contributed by atoms with E-state index in [2.05, 4.69) is 5.10 Å². The number of rotatable bonds is 3. The van der Waals surface area contributed by atoms with Crippen LogP contribution in [0.25, 0.3) is 43.4 Å². The third kappa shape index (κ3) is 3.11. The number of nitrogens with zero attached hydrogens (tertiary/aromatic N) is 4. The molecule has 7 nitrogen and oxygen atoms in total. The number of nitrogens with two attached hydrogens (primary N) is 1. The molecule has 0 atom stereocenters. The standard InChI is InChI=1S/C25H17N5O2S/c1-32-15-9-8-14-11-18-23(26)29-30(24(18)28-20(14)12-15)25(31)17-13-21(22-7-4-10-33-22)27-19-6-3-2-5-16(17)19/h2-13H,1H3,(H2,26,29). The molecule has 0 unspecified atom stereocenters. The van der Waals surface area contributed by atoms with Gasteiger partial charge in [-0.2, -0.15) is 4.68 Å². The van der Waals surface area contributed by atoms with Crippen molar-refractivity contribution in [3.8, 4) is 16.3 Å². The molecule has 0 radical (unpaired) electrons. The fraction of sp³-hybridized carbons (Fsp3) is 0.0400. The second-order valence-corrected chi connectivity index (χ2v) is 8.52. The van der Waals surface area contributed by atoms with E-state index in [0.29, 0.717) is 27.9 Å². The van der Waals surface area contributed by atoms with Gasteiger partial charge in [-0.1, -0.05) is 24.3 Å². The number of benzene rings is 2. The van der Waals surface area contributed by atoms with E-state index < -0.39 is 0 Å². The molecule has 160 valence electrons. The molecule has 4 aromatic heterocycles. The van der Waals surface area contributed by atoms with Crippen LogP contribution in [0.2, 0.25) is 0 Å². The Balaban J connectivity index is 1.59. The molecule has 0 saturated heterocycles. The van der Waals surface area contributed by atoms with Crippen LogP contribution in [-0.4, -0.2) is 32.8 Å². The number of methoxy groups -OCH3 is 1. The molecular formula is C25H17N5O2S. The van der Waals surface area contributed by atoms with Gasteiger partial charge in [0.2, 0.25) is 0 Å². The Labute approximate surface area is 192 Å². The number of aromatic nitrogens is 4. The van der Waals surface area contributed by atoms with E-state index in [4.69, 9.17) is 20.4 Å². The number of hydrogen-bond acceptors (Lipinski definition) is 7. The number of thiophene rings is 1. The summed E-state index contributed by atoms with van der Waals surface area (Å²) in [5.74, 6) is 0.615. The summed E-state index contributed by atoms with van der Waals surface area (Å²) in [5, 5.41) is 8.60. The number of carbonyl (C=O) groups excluding carboxylic acids is 1. The number of para-hydroxylation sites is 1. The lowest BCUT2D eigenvalue weighted by molar-refractivity contribution is 0.0952. The summed E-state index contributed by atoms with van der Waals surface area (Å²) in [4.78, 5) is 24.3. The lowest BCUT2D eigenvalue weighted by atomic mass is 10.1. The molecule has 0 aliphatic rings. The first kappa shape index (κ1) is 19.4. The molecule has 6 aromatic rings. The van der Waals surface area contributed by atoms with E-state index in [-0.39, 0.29) is 11.7 Å². The van der Waals surface area contributed by atoms with Crippen LogP contribution < -0.4 is 10.5 Å². The zero-order valence-electron chi connectivity index (χ0n) is 17.5. The van der Waals surface area contributed by atoms with Crippen LogP contribution in [0.5, 0.6) is 5.75 Å². The molecule has 0 saturated carbocycles. The van der Waals surface area contributed by atoms with Gasteiger partial charge in [0, 0.05) is 16.8 Å². The van der Waals surface area contributed by atoms with Crippen LogP contribution in [-0.2, 0) is 0 Å². The molecule has 2 aromatic carbocycles. The average molecular weight is 452 g/mol. The normalized spacial score (nSPS) is 11.4. The van der Waals surface area contributed by atoms with E-state index in [9.17, 15) is 4.79 Å². The monoisotopic (exact) mass is 451 g/mol. The van der Waals surface area contributed by atoms with Crippen molar-refractivity contribution in [3.05, 3.63) is 77.7 Å². The number of pyridine rings is 2. The molecule has 0 aliphatic heterocycles.